The van der Waals surface area contributed by atoms with Crippen LogP contribution in [-0.4, -0.2) is 70.4 Å². The Bertz CT molecular complexity index is 516. The molecule has 0 heterocycles. The number of aliphatic hydroxyl groups is 1. The van der Waals surface area contributed by atoms with Crippen LogP contribution in [-0.2, 0) is 19.2 Å². The van der Waals surface area contributed by atoms with E-state index in [-0.39, 0.29) is 11.7 Å². The molecule has 0 fully saturated rings. The minimum Gasteiger partial charge on any atom is -0.480 e. The lowest BCUT2D eigenvalue weighted by molar-refractivity contribution is -0.141. The van der Waals surface area contributed by atoms with Gasteiger partial charge in [-0.25, -0.2) is 4.79 Å². The molecule has 150 valence electrons. The third-order valence-corrected chi connectivity index (χ3v) is 3.79. The minimum atomic E-state index is -1.28. The molecule has 0 aromatic rings. The topological polar surface area (TPSA) is 171 Å². The van der Waals surface area contributed by atoms with E-state index in [0.717, 1.165) is 0 Å². The van der Waals surface area contributed by atoms with E-state index in [2.05, 4.69) is 28.6 Å². The molecule has 7 N–H and O–H groups in total. The molecule has 26 heavy (non-hydrogen) atoms. The van der Waals surface area contributed by atoms with E-state index in [1.165, 1.54) is 6.92 Å². The minimum absolute atomic E-state index is 0.120. The molecule has 0 bridgehead atoms. The van der Waals surface area contributed by atoms with Gasteiger partial charge in [-0.3, -0.25) is 14.4 Å². The number of rotatable bonds is 11. The van der Waals surface area contributed by atoms with Crippen molar-refractivity contribution >= 4 is 36.3 Å². The second-order valence-electron chi connectivity index (χ2n) is 6.29. The van der Waals surface area contributed by atoms with Crippen molar-refractivity contribution in [3.8, 4) is 0 Å². The Balaban J connectivity index is 4.71. The highest BCUT2D eigenvalue weighted by atomic mass is 32.1. The number of nitrogens with two attached hydrogens (primary N) is 1. The van der Waals surface area contributed by atoms with Gasteiger partial charge in [-0.1, -0.05) is 13.8 Å². The first-order valence-electron chi connectivity index (χ1n) is 8.14. The summed E-state index contributed by atoms with van der Waals surface area (Å²) in [6.45, 7) is 4.43. The standard InChI is InChI=1S/C15H28N4O6S/c1-7(2)4-9(16)13(22)18-10(5-20)14(23)17-8(3)12(21)19-11(6-26)15(24)25/h7-11,20,26H,4-6,16H2,1-3H3,(H,17,23)(H,18,22)(H,19,21)(H,24,25). The van der Waals surface area contributed by atoms with E-state index in [0.29, 0.717) is 6.42 Å². The highest BCUT2D eigenvalue weighted by Gasteiger charge is 2.27. The number of nitrogens with one attached hydrogen (secondary N) is 3. The molecular weight excluding hydrogens is 364 g/mol. The molecule has 0 radical (unpaired) electrons. The normalized spacial score (nSPS) is 15.5. The van der Waals surface area contributed by atoms with Crippen molar-refractivity contribution in [1.82, 2.24) is 16.0 Å². The van der Waals surface area contributed by atoms with Gasteiger partial charge >= 0.3 is 5.97 Å². The molecule has 0 aromatic heterocycles. The SMILES string of the molecule is CC(C)CC(N)C(=O)NC(CO)C(=O)NC(C)C(=O)NC(CS)C(=O)O. The zero-order valence-electron chi connectivity index (χ0n) is 15.1. The fourth-order valence-corrected chi connectivity index (χ4v) is 2.20. The Morgan fingerprint density at radius 2 is 1.50 bits per heavy atom. The van der Waals surface area contributed by atoms with Crippen molar-refractivity contribution in [2.24, 2.45) is 11.7 Å². The van der Waals surface area contributed by atoms with E-state index in [1.54, 1.807) is 0 Å². The molecule has 0 aromatic carbocycles. The number of hydrogen-bond donors (Lipinski definition) is 7. The van der Waals surface area contributed by atoms with Crippen LogP contribution in [0.1, 0.15) is 27.2 Å². The highest BCUT2D eigenvalue weighted by molar-refractivity contribution is 7.80. The molecule has 0 saturated carbocycles. The molecular formula is C15H28N4O6S. The second kappa shape index (κ2) is 11.7. The first-order chi connectivity index (χ1) is 12.0. The van der Waals surface area contributed by atoms with E-state index in [1.807, 2.05) is 13.8 Å². The average Bonchev–Trinajstić information content (AvgIpc) is 2.55. The number of thiol groups is 1. The summed E-state index contributed by atoms with van der Waals surface area (Å²) in [7, 11) is 0. The largest absolute Gasteiger partial charge is 0.480 e. The van der Waals surface area contributed by atoms with Crippen molar-refractivity contribution in [3.05, 3.63) is 0 Å². The van der Waals surface area contributed by atoms with Crippen LogP contribution in [0.5, 0.6) is 0 Å². The van der Waals surface area contributed by atoms with Gasteiger partial charge in [0, 0.05) is 5.75 Å². The Morgan fingerprint density at radius 3 is 1.92 bits per heavy atom. The zero-order chi connectivity index (χ0) is 20.4. The van der Waals surface area contributed by atoms with Crippen LogP contribution in [0.15, 0.2) is 0 Å². The summed E-state index contributed by atoms with van der Waals surface area (Å²) in [5, 5.41) is 25.0. The zero-order valence-corrected chi connectivity index (χ0v) is 16.0. The molecule has 11 heteroatoms. The van der Waals surface area contributed by atoms with E-state index in [4.69, 9.17) is 10.8 Å². The van der Waals surface area contributed by atoms with E-state index in [9.17, 15) is 24.3 Å². The first-order valence-corrected chi connectivity index (χ1v) is 8.77. The fraction of sp³-hybridized carbons (Fsp3) is 0.733. The average molecular weight is 392 g/mol. The van der Waals surface area contributed by atoms with E-state index >= 15 is 0 Å². The van der Waals surface area contributed by atoms with Crippen LogP contribution in [0.2, 0.25) is 0 Å². The van der Waals surface area contributed by atoms with Gasteiger partial charge in [0.1, 0.15) is 18.1 Å². The number of carbonyl (C=O) groups excluding carboxylic acids is 3. The Kier molecular flexibility index (Phi) is 10.9. The number of aliphatic carboxylic acids is 1. The van der Waals surface area contributed by atoms with Crippen LogP contribution < -0.4 is 21.7 Å². The van der Waals surface area contributed by atoms with Gasteiger partial charge in [-0.05, 0) is 19.3 Å². The van der Waals surface area contributed by atoms with Crippen molar-refractivity contribution in [1.29, 1.82) is 0 Å². The smallest absolute Gasteiger partial charge is 0.327 e. The predicted molar refractivity (Wildman–Crippen MR) is 97.5 cm³/mol. The van der Waals surface area contributed by atoms with Gasteiger partial charge in [0.2, 0.25) is 17.7 Å². The van der Waals surface area contributed by atoms with Crippen molar-refractivity contribution in [2.75, 3.05) is 12.4 Å². The molecule has 3 amide bonds. The third kappa shape index (κ3) is 8.50. The quantitative estimate of drug-likeness (QED) is 0.196. The lowest BCUT2D eigenvalue weighted by atomic mass is 10.0. The lowest BCUT2D eigenvalue weighted by Crippen LogP contribution is -2.57. The maximum atomic E-state index is 12.1. The molecule has 0 aliphatic carbocycles. The van der Waals surface area contributed by atoms with Crippen molar-refractivity contribution in [2.45, 2.75) is 51.4 Å². The van der Waals surface area contributed by atoms with Gasteiger partial charge in [-0.15, -0.1) is 0 Å². The molecule has 10 nitrogen and oxygen atoms in total. The fourth-order valence-electron chi connectivity index (χ4n) is 1.95. The van der Waals surface area contributed by atoms with Crippen LogP contribution in [0.3, 0.4) is 0 Å². The van der Waals surface area contributed by atoms with Crippen LogP contribution >= 0.6 is 12.6 Å². The summed E-state index contributed by atoms with van der Waals surface area (Å²) in [6.07, 6.45) is 0.407. The van der Waals surface area contributed by atoms with Crippen LogP contribution in [0.25, 0.3) is 0 Å². The lowest BCUT2D eigenvalue weighted by Gasteiger charge is -2.22. The van der Waals surface area contributed by atoms with Crippen LogP contribution in [0.4, 0.5) is 0 Å². The molecule has 0 saturated heterocycles. The summed E-state index contributed by atoms with van der Waals surface area (Å²) in [5.41, 5.74) is 5.72. The number of carboxylic acids is 1. The number of carboxylic acid groups (broad SMARTS) is 1. The number of aliphatic hydroxyl groups excluding tert-OH is 1. The molecule has 4 unspecified atom stereocenters. The number of carbonyl (C=O) groups is 4. The molecule has 0 aliphatic heterocycles. The predicted octanol–water partition coefficient (Wildman–Crippen LogP) is -2.16. The van der Waals surface area contributed by atoms with Crippen LogP contribution in [0, 0.1) is 5.92 Å². The Morgan fingerprint density at radius 1 is 0.962 bits per heavy atom. The van der Waals surface area contributed by atoms with E-state index < -0.39 is 54.5 Å². The summed E-state index contributed by atoms with van der Waals surface area (Å²) in [6, 6.07) is -4.40. The Hall–Kier alpha value is -1.85. The summed E-state index contributed by atoms with van der Waals surface area (Å²) in [5.74, 6) is -3.32. The Labute approximate surface area is 157 Å². The maximum Gasteiger partial charge on any atom is 0.327 e. The molecule has 0 aliphatic rings. The first kappa shape index (κ1) is 24.1. The summed E-state index contributed by atoms with van der Waals surface area (Å²) < 4.78 is 0. The highest BCUT2D eigenvalue weighted by Crippen LogP contribution is 2.03. The number of hydrogen-bond acceptors (Lipinski definition) is 7. The van der Waals surface area contributed by atoms with Gasteiger partial charge < -0.3 is 31.9 Å². The molecule has 0 rings (SSSR count). The third-order valence-electron chi connectivity index (χ3n) is 3.43. The summed E-state index contributed by atoms with van der Waals surface area (Å²) in [4.78, 5) is 46.9. The van der Waals surface area contributed by atoms with Crippen molar-refractivity contribution in [3.63, 3.8) is 0 Å². The number of amides is 3. The van der Waals surface area contributed by atoms with Crippen molar-refractivity contribution < 1.29 is 29.4 Å². The van der Waals surface area contributed by atoms with Gasteiger partial charge in [0.15, 0.2) is 0 Å². The van der Waals surface area contributed by atoms with Gasteiger partial charge in [0.25, 0.3) is 0 Å². The summed E-state index contributed by atoms with van der Waals surface area (Å²) >= 11 is 3.82. The maximum absolute atomic E-state index is 12.1. The van der Waals surface area contributed by atoms with Gasteiger partial charge in [-0.2, -0.15) is 12.6 Å². The molecule has 4 atom stereocenters. The second-order valence-corrected chi connectivity index (χ2v) is 6.66. The monoisotopic (exact) mass is 392 g/mol. The molecule has 0 spiro atoms. The van der Waals surface area contributed by atoms with Gasteiger partial charge in [0.05, 0.1) is 12.6 Å².